The van der Waals surface area contributed by atoms with Crippen molar-refractivity contribution in [3.8, 4) is 0 Å². The van der Waals surface area contributed by atoms with Gasteiger partial charge in [-0.15, -0.1) is 0 Å². The Labute approximate surface area is 173 Å². The lowest BCUT2D eigenvalue weighted by Gasteiger charge is -2.61. The number of hydrogen-bond acceptors (Lipinski definition) is 3. The van der Waals surface area contributed by atoms with Gasteiger partial charge in [-0.25, -0.2) is 4.39 Å². The normalized spacial score (nSPS) is 50.1. The molecule has 0 heterocycles. The second-order valence-electron chi connectivity index (χ2n) is 11.1. The van der Waals surface area contributed by atoms with Crippen molar-refractivity contribution < 1.29 is 24.5 Å². The summed E-state index contributed by atoms with van der Waals surface area (Å²) in [6.45, 7) is 6.71. The first kappa shape index (κ1) is 21.3. The first-order chi connectivity index (χ1) is 13.6. The SMILES string of the molecule is C[C@H](CCC(=O)O)[C@H]1CC[C@H]2[C@@H]3[C@H](O)C[C@@H]4C[C@H](O)C(F)=C[C@]4(C)[C@H]3CC[C@]12C. The number of carboxylic acid groups (broad SMARTS) is 1. The Balaban J connectivity index is 1.60. The van der Waals surface area contributed by atoms with Crippen molar-refractivity contribution >= 4 is 5.97 Å². The maximum absolute atomic E-state index is 14.4. The third kappa shape index (κ3) is 3.27. The molecule has 4 rings (SSSR count). The predicted octanol–water partition coefficient (Wildman–Crippen LogP) is 4.55. The smallest absolute Gasteiger partial charge is 0.303 e. The first-order valence-corrected chi connectivity index (χ1v) is 11.5. The quantitative estimate of drug-likeness (QED) is 0.638. The lowest BCUT2D eigenvalue weighted by Crippen LogP contribution is -2.58. The number of hydrogen-bond donors (Lipinski definition) is 3. The van der Waals surface area contributed by atoms with Crippen LogP contribution in [-0.2, 0) is 4.79 Å². The fourth-order valence-electron chi connectivity index (χ4n) is 8.34. The highest BCUT2D eigenvalue weighted by molar-refractivity contribution is 5.66. The molecule has 0 spiro atoms. The van der Waals surface area contributed by atoms with Gasteiger partial charge in [-0.2, -0.15) is 0 Å². The summed E-state index contributed by atoms with van der Waals surface area (Å²) in [5, 5.41) is 30.3. The van der Waals surface area contributed by atoms with E-state index in [0.29, 0.717) is 37.0 Å². The van der Waals surface area contributed by atoms with Crippen molar-refractivity contribution in [2.45, 2.75) is 84.3 Å². The van der Waals surface area contributed by atoms with Crippen molar-refractivity contribution in [3.05, 3.63) is 11.9 Å². The molecule has 0 radical (unpaired) electrons. The Morgan fingerprint density at radius 3 is 2.62 bits per heavy atom. The Kier molecular flexibility index (Phi) is 5.39. The molecule has 3 fully saturated rings. The minimum atomic E-state index is -1.02. The van der Waals surface area contributed by atoms with Gasteiger partial charge in [0.25, 0.3) is 0 Å². The molecular formula is C24H37FO4. The number of allylic oxidation sites excluding steroid dienone is 1. The maximum atomic E-state index is 14.4. The van der Waals surface area contributed by atoms with Crippen LogP contribution >= 0.6 is 0 Å². The highest BCUT2D eigenvalue weighted by atomic mass is 19.1. The third-order valence-electron chi connectivity index (χ3n) is 9.83. The monoisotopic (exact) mass is 408 g/mol. The number of aliphatic carboxylic acids is 1. The zero-order valence-corrected chi connectivity index (χ0v) is 18.0. The zero-order chi connectivity index (χ0) is 21.1. The summed E-state index contributed by atoms with van der Waals surface area (Å²) in [6, 6.07) is 0. The molecule has 4 aliphatic carbocycles. The lowest BCUT2D eigenvalue weighted by molar-refractivity contribution is -0.148. The van der Waals surface area contributed by atoms with E-state index in [2.05, 4.69) is 20.8 Å². The Hall–Kier alpha value is -0.940. The Morgan fingerprint density at radius 2 is 1.93 bits per heavy atom. The van der Waals surface area contributed by atoms with Crippen LogP contribution in [0.3, 0.4) is 0 Å². The van der Waals surface area contributed by atoms with Gasteiger partial charge in [0, 0.05) is 6.42 Å². The fraction of sp³-hybridized carbons (Fsp3) is 0.875. The van der Waals surface area contributed by atoms with E-state index < -0.39 is 18.2 Å². The average Bonchev–Trinajstić information content (AvgIpc) is 2.99. The summed E-state index contributed by atoms with van der Waals surface area (Å²) in [5.41, 5.74) is -0.165. The van der Waals surface area contributed by atoms with E-state index in [4.69, 9.17) is 5.11 Å². The minimum absolute atomic E-state index is 0.125. The lowest BCUT2D eigenvalue weighted by atomic mass is 9.44. The minimum Gasteiger partial charge on any atom is -0.481 e. The van der Waals surface area contributed by atoms with Gasteiger partial charge >= 0.3 is 5.97 Å². The molecular weight excluding hydrogens is 371 g/mol. The molecule has 0 aromatic carbocycles. The van der Waals surface area contributed by atoms with Gasteiger partial charge in [0.2, 0.25) is 0 Å². The number of carboxylic acids is 1. The van der Waals surface area contributed by atoms with Crippen LogP contribution in [0.25, 0.3) is 0 Å². The van der Waals surface area contributed by atoms with Crippen molar-refractivity contribution in [3.63, 3.8) is 0 Å². The van der Waals surface area contributed by atoms with Crippen LogP contribution in [0.2, 0.25) is 0 Å². The predicted molar refractivity (Wildman–Crippen MR) is 109 cm³/mol. The van der Waals surface area contributed by atoms with Crippen LogP contribution < -0.4 is 0 Å². The highest BCUT2D eigenvalue weighted by Crippen LogP contribution is 2.68. The molecule has 0 aromatic rings. The molecule has 0 amide bonds. The fourth-order valence-corrected chi connectivity index (χ4v) is 8.34. The van der Waals surface area contributed by atoms with Gasteiger partial charge in [0.05, 0.1) is 6.10 Å². The summed E-state index contributed by atoms with van der Waals surface area (Å²) in [7, 11) is 0. The molecule has 0 aliphatic heterocycles. The first-order valence-electron chi connectivity index (χ1n) is 11.5. The largest absolute Gasteiger partial charge is 0.481 e. The maximum Gasteiger partial charge on any atom is 0.303 e. The summed E-state index contributed by atoms with van der Waals surface area (Å²) >= 11 is 0. The van der Waals surface area contributed by atoms with E-state index in [9.17, 15) is 19.4 Å². The van der Waals surface area contributed by atoms with Gasteiger partial charge in [-0.05, 0) is 97.4 Å². The molecule has 0 bridgehead atoms. The van der Waals surface area contributed by atoms with E-state index in [0.717, 1.165) is 25.7 Å². The average molecular weight is 409 g/mol. The van der Waals surface area contributed by atoms with Crippen molar-refractivity contribution in [1.82, 2.24) is 0 Å². The van der Waals surface area contributed by atoms with Crippen molar-refractivity contribution in [2.24, 2.45) is 46.3 Å². The van der Waals surface area contributed by atoms with E-state index in [1.165, 1.54) is 0 Å². The number of fused-ring (bicyclic) bond motifs is 5. The van der Waals surface area contributed by atoms with Gasteiger partial charge in [-0.1, -0.05) is 20.8 Å². The number of rotatable bonds is 4. The van der Waals surface area contributed by atoms with E-state index in [1.54, 1.807) is 6.08 Å². The molecule has 0 unspecified atom stereocenters. The molecule has 0 aromatic heterocycles. The summed E-state index contributed by atoms with van der Waals surface area (Å²) in [6.07, 6.45) is 6.49. The van der Waals surface area contributed by atoms with Gasteiger partial charge in [-0.3, -0.25) is 4.79 Å². The van der Waals surface area contributed by atoms with Crippen LogP contribution in [0.15, 0.2) is 11.9 Å². The van der Waals surface area contributed by atoms with Crippen LogP contribution in [0.5, 0.6) is 0 Å². The molecule has 0 saturated heterocycles. The van der Waals surface area contributed by atoms with E-state index >= 15 is 0 Å². The van der Waals surface area contributed by atoms with Crippen LogP contribution in [0.4, 0.5) is 4.39 Å². The molecule has 164 valence electrons. The van der Waals surface area contributed by atoms with Crippen LogP contribution in [0.1, 0.15) is 72.1 Å². The van der Waals surface area contributed by atoms with E-state index in [-0.39, 0.29) is 40.8 Å². The highest BCUT2D eigenvalue weighted by Gasteiger charge is 2.62. The van der Waals surface area contributed by atoms with Gasteiger partial charge in [0.1, 0.15) is 11.9 Å². The van der Waals surface area contributed by atoms with Gasteiger partial charge in [0.15, 0.2) is 0 Å². The molecule has 3 saturated carbocycles. The zero-order valence-electron chi connectivity index (χ0n) is 18.0. The molecule has 5 heteroatoms. The molecule has 10 atom stereocenters. The molecule has 4 aliphatic rings. The molecule has 3 N–H and O–H groups in total. The van der Waals surface area contributed by atoms with Crippen molar-refractivity contribution in [2.75, 3.05) is 0 Å². The third-order valence-corrected chi connectivity index (χ3v) is 9.83. The Bertz CT molecular complexity index is 692. The number of halogens is 1. The molecule has 29 heavy (non-hydrogen) atoms. The van der Waals surface area contributed by atoms with Crippen LogP contribution in [-0.4, -0.2) is 33.5 Å². The second kappa shape index (κ2) is 7.33. The van der Waals surface area contributed by atoms with Crippen molar-refractivity contribution in [1.29, 1.82) is 0 Å². The van der Waals surface area contributed by atoms with Crippen LogP contribution in [0, 0.1) is 46.3 Å². The summed E-state index contributed by atoms with van der Waals surface area (Å²) in [5.74, 6) is 0.703. The number of aliphatic hydroxyl groups is 2. The second-order valence-corrected chi connectivity index (χ2v) is 11.1. The Morgan fingerprint density at radius 1 is 1.21 bits per heavy atom. The summed E-state index contributed by atoms with van der Waals surface area (Å²) in [4.78, 5) is 11.0. The standard InChI is InChI=1S/C24H37FO4/c1-13(4-7-21(28)29)15-5-6-16-22-17(8-9-23(15,16)2)24(3)12-18(25)19(26)10-14(24)11-20(22)27/h12-17,19-20,22,26-27H,4-11H2,1-3H3,(H,28,29)/t13-,14+,15-,16+,17+,19+,20-,22+,23-,24+/m1/s1. The summed E-state index contributed by atoms with van der Waals surface area (Å²) < 4.78 is 14.4. The van der Waals surface area contributed by atoms with E-state index in [1.807, 2.05) is 0 Å². The topological polar surface area (TPSA) is 77.8 Å². The van der Waals surface area contributed by atoms with Gasteiger partial charge < -0.3 is 15.3 Å². The number of carbonyl (C=O) groups is 1. The number of aliphatic hydroxyl groups excluding tert-OH is 2. The molecule has 4 nitrogen and oxygen atoms in total.